The molecule has 5 nitrogen and oxygen atoms in total. The molecule has 1 saturated heterocycles. The number of hydrogen-bond donors (Lipinski definition) is 0. The lowest BCUT2D eigenvalue weighted by molar-refractivity contribution is -0.0328. The van der Waals surface area contributed by atoms with Crippen LogP contribution in [0, 0.1) is 0 Å². The average molecular weight is 465 g/mol. The van der Waals surface area contributed by atoms with Gasteiger partial charge in [-0.1, -0.05) is 23.7 Å². The third kappa shape index (κ3) is 5.25. The van der Waals surface area contributed by atoms with Crippen molar-refractivity contribution in [3.05, 3.63) is 59.1 Å². The predicted molar refractivity (Wildman–Crippen MR) is 104 cm³/mol. The lowest BCUT2D eigenvalue weighted by atomic mass is 10.2. The third-order valence-corrected chi connectivity index (χ3v) is 7.45. The van der Waals surface area contributed by atoms with E-state index in [0.717, 1.165) is 0 Å². The molecular formula is C18H16ClF3N2O3S2. The SMILES string of the molecule is O=C(c1ccc(SC(F)(F)F)cc1)N1CCN(S(=O)(=O)c2ccccc2Cl)CC1. The van der Waals surface area contributed by atoms with Crippen molar-refractivity contribution in [2.24, 2.45) is 0 Å². The number of rotatable bonds is 4. The highest BCUT2D eigenvalue weighted by Gasteiger charge is 2.32. The molecule has 0 spiro atoms. The van der Waals surface area contributed by atoms with E-state index in [1.807, 2.05) is 0 Å². The number of amides is 1. The molecule has 1 fully saturated rings. The number of alkyl halides is 3. The van der Waals surface area contributed by atoms with Crippen LogP contribution in [0.3, 0.4) is 0 Å². The molecule has 29 heavy (non-hydrogen) atoms. The number of carbonyl (C=O) groups is 1. The van der Waals surface area contributed by atoms with Crippen molar-refractivity contribution in [2.45, 2.75) is 15.3 Å². The van der Waals surface area contributed by atoms with Gasteiger partial charge in [0.05, 0.1) is 5.02 Å². The zero-order chi connectivity index (χ0) is 21.2. The molecule has 3 rings (SSSR count). The second-order valence-corrected chi connectivity index (χ2v) is 9.65. The maximum absolute atomic E-state index is 12.7. The van der Waals surface area contributed by atoms with Crippen LogP contribution in [-0.4, -0.2) is 55.2 Å². The Bertz CT molecular complexity index is 990. The van der Waals surface area contributed by atoms with Gasteiger partial charge >= 0.3 is 5.51 Å². The van der Waals surface area contributed by atoms with Gasteiger partial charge in [-0.3, -0.25) is 4.79 Å². The van der Waals surface area contributed by atoms with Crippen LogP contribution in [0.25, 0.3) is 0 Å². The van der Waals surface area contributed by atoms with Crippen LogP contribution in [0.4, 0.5) is 13.2 Å². The zero-order valence-corrected chi connectivity index (χ0v) is 17.3. The Morgan fingerprint density at radius 3 is 2.10 bits per heavy atom. The molecule has 0 atom stereocenters. The van der Waals surface area contributed by atoms with Crippen molar-refractivity contribution >= 4 is 39.3 Å². The first-order valence-electron chi connectivity index (χ1n) is 8.48. The van der Waals surface area contributed by atoms with Crippen LogP contribution < -0.4 is 0 Å². The molecule has 2 aromatic carbocycles. The number of sulfonamides is 1. The van der Waals surface area contributed by atoms with Gasteiger partial charge < -0.3 is 4.90 Å². The summed E-state index contributed by atoms with van der Waals surface area (Å²) >= 11 is 5.75. The minimum absolute atomic E-state index is 0.00953. The van der Waals surface area contributed by atoms with E-state index in [2.05, 4.69) is 0 Å². The molecule has 0 aromatic heterocycles. The van der Waals surface area contributed by atoms with E-state index >= 15 is 0 Å². The Hall–Kier alpha value is -1.75. The summed E-state index contributed by atoms with van der Waals surface area (Å²) in [7, 11) is -3.78. The summed E-state index contributed by atoms with van der Waals surface area (Å²) in [5.41, 5.74) is -4.14. The predicted octanol–water partition coefficient (Wildman–Crippen LogP) is 4.10. The maximum atomic E-state index is 12.7. The van der Waals surface area contributed by atoms with Crippen LogP contribution >= 0.6 is 23.4 Å². The van der Waals surface area contributed by atoms with E-state index in [0.29, 0.717) is 0 Å². The second-order valence-electron chi connectivity index (χ2n) is 6.20. The zero-order valence-electron chi connectivity index (χ0n) is 14.9. The molecule has 0 N–H and O–H groups in total. The number of benzene rings is 2. The summed E-state index contributed by atoms with van der Waals surface area (Å²) in [6.45, 7) is 0.533. The summed E-state index contributed by atoms with van der Waals surface area (Å²) in [4.78, 5) is 14.1. The number of hydrogen-bond acceptors (Lipinski definition) is 4. The molecule has 11 heteroatoms. The molecule has 0 unspecified atom stereocenters. The van der Waals surface area contributed by atoms with Crippen LogP contribution in [-0.2, 0) is 10.0 Å². The fourth-order valence-electron chi connectivity index (χ4n) is 2.91. The van der Waals surface area contributed by atoms with Gasteiger partial charge in [0, 0.05) is 36.6 Å². The number of carbonyl (C=O) groups excluding carboxylic acids is 1. The van der Waals surface area contributed by atoms with Crippen molar-refractivity contribution in [3.8, 4) is 0 Å². The number of thioether (sulfide) groups is 1. The summed E-state index contributed by atoms with van der Waals surface area (Å²) in [5, 5.41) is 0.128. The van der Waals surface area contributed by atoms with Gasteiger partial charge in [-0.05, 0) is 48.2 Å². The molecule has 1 aliphatic heterocycles. The minimum Gasteiger partial charge on any atom is -0.336 e. The first-order chi connectivity index (χ1) is 13.6. The van der Waals surface area contributed by atoms with E-state index in [-0.39, 0.29) is 64.2 Å². The quantitative estimate of drug-likeness (QED) is 0.639. The molecule has 156 valence electrons. The van der Waals surface area contributed by atoms with E-state index in [9.17, 15) is 26.4 Å². The molecular weight excluding hydrogens is 449 g/mol. The Kier molecular flexibility index (Phi) is 6.47. The number of piperazine rings is 1. The largest absolute Gasteiger partial charge is 0.446 e. The van der Waals surface area contributed by atoms with Crippen molar-refractivity contribution in [2.75, 3.05) is 26.2 Å². The van der Waals surface area contributed by atoms with Crippen LogP contribution in [0.1, 0.15) is 10.4 Å². The summed E-state index contributed by atoms with van der Waals surface area (Å²) in [5.74, 6) is -0.358. The Labute approximate surface area is 175 Å². The maximum Gasteiger partial charge on any atom is 0.446 e. The lowest BCUT2D eigenvalue weighted by Gasteiger charge is -2.34. The molecule has 1 heterocycles. The van der Waals surface area contributed by atoms with E-state index in [1.54, 1.807) is 12.1 Å². The molecule has 0 saturated carbocycles. The van der Waals surface area contributed by atoms with E-state index in [1.165, 1.54) is 45.6 Å². The van der Waals surface area contributed by atoms with Gasteiger partial charge in [-0.25, -0.2) is 8.42 Å². The van der Waals surface area contributed by atoms with Crippen molar-refractivity contribution in [1.82, 2.24) is 9.21 Å². The normalized spacial score (nSPS) is 16.1. The van der Waals surface area contributed by atoms with Crippen LogP contribution in [0.5, 0.6) is 0 Å². The first-order valence-corrected chi connectivity index (χ1v) is 11.1. The Morgan fingerprint density at radius 2 is 1.55 bits per heavy atom. The van der Waals surface area contributed by atoms with Crippen LogP contribution in [0.2, 0.25) is 5.02 Å². The van der Waals surface area contributed by atoms with E-state index in [4.69, 9.17) is 11.6 Å². The van der Waals surface area contributed by atoms with Crippen molar-refractivity contribution in [1.29, 1.82) is 0 Å². The molecule has 2 aromatic rings. The summed E-state index contributed by atoms with van der Waals surface area (Å²) in [6.07, 6.45) is 0. The molecule has 0 bridgehead atoms. The fraction of sp³-hybridized carbons (Fsp3) is 0.278. The monoisotopic (exact) mass is 464 g/mol. The Morgan fingerprint density at radius 1 is 0.966 bits per heavy atom. The highest BCUT2D eigenvalue weighted by Crippen LogP contribution is 2.36. The molecule has 1 amide bonds. The highest BCUT2D eigenvalue weighted by atomic mass is 35.5. The number of halogens is 4. The smallest absolute Gasteiger partial charge is 0.336 e. The summed E-state index contributed by atoms with van der Waals surface area (Å²) in [6, 6.07) is 11.3. The molecule has 0 aliphatic carbocycles. The number of nitrogens with zero attached hydrogens (tertiary/aromatic N) is 2. The van der Waals surface area contributed by atoms with Crippen LogP contribution in [0.15, 0.2) is 58.3 Å². The van der Waals surface area contributed by atoms with E-state index < -0.39 is 15.5 Å². The molecule has 1 aliphatic rings. The third-order valence-electron chi connectivity index (χ3n) is 4.32. The van der Waals surface area contributed by atoms with Gasteiger partial charge in [-0.15, -0.1) is 0 Å². The highest BCUT2D eigenvalue weighted by molar-refractivity contribution is 8.00. The van der Waals surface area contributed by atoms with Gasteiger partial charge in [0.25, 0.3) is 5.91 Å². The van der Waals surface area contributed by atoms with Gasteiger partial charge in [-0.2, -0.15) is 17.5 Å². The van der Waals surface area contributed by atoms with Crippen molar-refractivity contribution < 1.29 is 26.4 Å². The van der Waals surface area contributed by atoms with Gasteiger partial charge in [0.2, 0.25) is 10.0 Å². The average Bonchev–Trinajstić information content (AvgIpc) is 2.67. The van der Waals surface area contributed by atoms with Gasteiger partial charge in [0.15, 0.2) is 0 Å². The minimum atomic E-state index is -4.39. The Balaban J connectivity index is 1.65. The second kappa shape index (κ2) is 8.55. The molecule has 0 radical (unpaired) electrons. The lowest BCUT2D eigenvalue weighted by Crippen LogP contribution is -2.50. The van der Waals surface area contributed by atoms with Gasteiger partial charge in [0.1, 0.15) is 4.90 Å². The fourth-order valence-corrected chi connectivity index (χ4v) is 5.36. The first kappa shape index (κ1) is 21.9. The van der Waals surface area contributed by atoms with Crippen molar-refractivity contribution in [3.63, 3.8) is 0 Å². The standard InChI is InChI=1S/C18H16ClF3N2O3S2/c19-15-3-1-2-4-16(15)29(26,27)24-11-9-23(10-12-24)17(25)13-5-7-14(8-6-13)28-18(20,21)22/h1-8H,9-12H2. The topological polar surface area (TPSA) is 57.7 Å². The summed E-state index contributed by atoms with van der Waals surface area (Å²) < 4.78 is 64.0.